The number of carbonyl (C=O) groups is 1. The van der Waals surface area contributed by atoms with Gasteiger partial charge in [0.25, 0.3) is 0 Å². The van der Waals surface area contributed by atoms with Gasteiger partial charge in [-0.1, -0.05) is 29.3 Å². The minimum Gasteiger partial charge on any atom is -0.497 e. The van der Waals surface area contributed by atoms with Crippen LogP contribution in [0.1, 0.15) is 0 Å². The fourth-order valence-corrected chi connectivity index (χ4v) is 3.59. The van der Waals surface area contributed by atoms with Crippen LogP contribution in [0.25, 0.3) is 0 Å². The van der Waals surface area contributed by atoms with Crippen molar-refractivity contribution in [2.24, 2.45) is 0 Å². The van der Waals surface area contributed by atoms with E-state index in [-0.39, 0.29) is 28.9 Å². The summed E-state index contributed by atoms with van der Waals surface area (Å²) in [5.41, 5.74) is 0.140. The zero-order chi connectivity index (χ0) is 20.7. The van der Waals surface area contributed by atoms with Crippen LogP contribution in [0.15, 0.2) is 42.5 Å². The first-order chi connectivity index (χ1) is 13.2. The molecule has 7 nitrogen and oxygen atoms in total. The maximum atomic E-state index is 12.2. The van der Waals surface area contributed by atoms with Crippen LogP contribution in [-0.4, -0.2) is 47.4 Å². The largest absolute Gasteiger partial charge is 0.497 e. The summed E-state index contributed by atoms with van der Waals surface area (Å²) in [6.07, 6.45) is 0.990. The lowest BCUT2D eigenvalue weighted by Gasteiger charge is -2.23. The van der Waals surface area contributed by atoms with Crippen molar-refractivity contribution in [1.29, 1.82) is 0 Å². The summed E-state index contributed by atoms with van der Waals surface area (Å²) in [5.74, 6) is 0.833. The maximum Gasteiger partial charge on any atom is 0.240 e. The molecule has 0 atom stereocenters. The average Bonchev–Trinajstić information content (AvgIpc) is 2.65. The van der Waals surface area contributed by atoms with E-state index in [4.69, 9.17) is 32.7 Å². The molecule has 0 spiro atoms. The summed E-state index contributed by atoms with van der Waals surface area (Å²) >= 11 is 12.0. The van der Waals surface area contributed by atoms with Gasteiger partial charge >= 0.3 is 0 Å². The van der Waals surface area contributed by atoms with E-state index in [1.165, 1.54) is 12.1 Å². The van der Waals surface area contributed by atoms with Crippen LogP contribution < -0.4 is 19.1 Å². The molecule has 0 aromatic heterocycles. The molecular weight excluding hydrogens is 427 g/mol. The Morgan fingerprint density at radius 2 is 1.75 bits per heavy atom. The molecule has 0 saturated carbocycles. The third-order valence-electron chi connectivity index (χ3n) is 3.64. The SMILES string of the molecule is COc1ccc(OCCNC(=O)CN(c2cccc(Cl)c2Cl)S(C)(=O)=O)cc1. The monoisotopic (exact) mass is 446 g/mol. The number of sulfonamides is 1. The fourth-order valence-electron chi connectivity index (χ4n) is 2.28. The number of methoxy groups -OCH3 is 1. The lowest BCUT2D eigenvalue weighted by molar-refractivity contribution is -0.119. The number of halogens is 2. The highest BCUT2D eigenvalue weighted by atomic mass is 35.5. The molecule has 1 amide bonds. The van der Waals surface area contributed by atoms with Crippen LogP contribution >= 0.6 is 23.2 Å². The molecule has 0 bridgehead atoms. The highest BCUT2D eigenvalue weighted by molar-refractivity contribution is 7.92. The molecule has 0 fully saturated rings. The van der Waals surface area contributed by atoms with Gasteiger partial charge in [0.2, 0.25) is 15.9 Å². The van der Waals surface area contributed by atoms with Crippen molar-refractivity contribution in [3.8, 4) is 11.5 Å². The number of nitrogens with one attached hydrogen (secondary N) is 1. The van der Waals surface area contributed by atoms with Gasteiger partial charge in [-0.25, -0.2) is 8.42 Å². The van der Waals surface area contributed by atoms with Crippen molar-refractivity contribution in [2.45, 2.75) is 0 Å². The number of rotatable bonds is 9. The number of amides is 1. The molecule has 10 heteroatoms. The van der Waals surface area contributed by atoms with E-state index in [2.05, 4.69) is 5.32 Å². The minimum atomic E-state index is -3.75. The molecule has 0 aliphatic rings. The van der Waals surface area contributed by atoms with E-state index < -0.39 is 22.5 Å². The number of anilines is 1. The molecule has 152 valence electrons. The predicted octanol–water partition coefficient (Wildman–Crippen LogP) is 2.96. The van der Waals surface area contributed by atoms with Crippen molar-refractivity contribution < 1.29 is 22.7 Å². The van der Waals surface area contributed by atoms with Gasteiger partial charge in [0.05, 0.1) is 35.6 Å². The summed E-state index contributed by atoms with van der Waals surface area (Å²) in [6.45, 7) is -0.0119. The molecule has 0 unspecified atom stereocenters. The second-order valence-electron chi connectivity index (χ2n) is 5.72. The molecule has 0 aliphatic heterocycles. The second kappa shape index (κ2) is 9.86. The van der Waals surface area contributed by atoms with Gasteiger partial charge in [0.15, 0.2) is 0 Å². The topological polar surface area (TPSA) is 84.9 Å². The molecule has 2 aromatic carbocycles. The Labute approximate surface area is 174 Å². The van der Waals surface area contributed by atoms with Gasteiger partial charge in [-0.05, 0) is 36.4 Å². The Bertz CT molecular complexity index is 920. The lowest BCUT2D eigenvalue weighted by Crippen LogP contribution is -2.41. The Morgan fingerprint density at radius 1 is 1.11 bits per heavy atom. The zero-order valence-corrected chi connectivity index (χ0v) is 17.6. The molecule has 2 rings (SSSR count). The van der Waals surface area contributed by atoms with E-state index in [0.717, 1.165) is 10.6 Å². The van der Waals surface area contributed by atoms with Crippen molar-refractivity contribution >= 4 is 44.8 Å². The Morgan fingerprint density at radius 3 is 2.36 bits per heavy atom. The van der Waals surface area contributed by atoms with E-state index in [1.54, 1.807) is 37.4 Å². The third-order valence-corrected chi connectivity index (χ3v) is 5.58. The third kappa shape index (κ3) is 6.19. The van der Waals surface area contributed by atoms with E-state index in [0.29, 0.717) is 11.5 Å². The van der Waals surface area contributed by atoms with Crippen molar-refractivity contribution in [2.75, 3.05) is 37.4 Å². The highest BCUT2D eigenvalue weighted by Crippen LogP contribution is 2.33. The zero-order valence-electron chi connectivity index (χ0n) is 15.3. The van der Waals surface area contributed by atoms with Crippen LogP contribution in [-0.2, 0) is 14.8 Å². The lowest BCUT2D eigenvalue weighted by atomic mass is 10.3. The maximum absolute atomic E-state index is 12.2. The molecule has 28 heavy (non-hydrogen) atoms. The van der Waals surface area contributed by atoms with Gasteiger partial charge in [0, 0.05) is 0 Å². The van der Waals surface area contributed by atoms with Crippen molar-refractivity contribution in [1.82, 2.24) is 5.32 Å². The first-order valence-electron chi connectivity index (χ1n) is 8.17. The summed E-state index contributed by atoms with van der Waals surface area (Å²) < 4.78 is 35.7. The number of nitrogens with zero attached hydrogens (tertiary/aromatic N) is 1. The standard InChI is InChI=1S/C18H20Cl2N2O5S/c1-26-13-6-8-14(9-7-13)27-11-10-21-17(23)12-22(28(2,24)25)16-5-3-4-15(19)18(16)20/h3-9H,10-12H2,1-2H3,(H,21,23). The molecular formula is C18H20Cl2N2O5S. The summed E-state index contributed by atoms with van der Waals surface area (Å²) in [6, 6.07) is 11.6. The number of hydrogen-bond donors (Lipinski definition) is 1. The second-order valence-corrected chi connectivity index (χ2v) is 8.41. The van der Waals surface area contributed by atoms with Crippen LogP contribution in [0.2, 0.25) is 10.0 Å². The normalized spacial score (nSPS) is 11.0. The molecule has 1 N–H and O–H groups in total. The quantitative estimate of drug-likeness (QED) is 0.598. The van der Waals surface area contributed by atoms with Crippen LogP contribution in [0.5, 0.6) is 11.5 Å². The van der Waals surface area contributed by atoms with Crippen LogP contribution in [0, 0.1) is 0 Å². The molecule has 0 heterocycles. The first kappa shape index (κ1) is 22.1. The summed E-state index contributed by atoms with van der Waals surface area (Å²) in [5, 5.41) is 2.87. The molecule has 2 aromatic rings. The first-order valence-corrected chi connectivity index (χ1v) is 10.8. The Hall–Kier alpha value is -2.16. The molecule has 0 radical (unpaired) electrons. The molecule has 0 aliphatic carbocycles. The van der Waals surface area contributed by atoms with E-state index in [9.17, 15) is 13.2 Å². The smallest absolute Gasteiger partial charge is 0.240 e. The van der Waals surface area contributed by atoms with E-state index >= 15 is 0 Å². The minimum absolute atomic E-state index is 0.0604. The van der Waals surface area contributed by atoms with Crippen LogP contribution in [0.3, 0.4) is 0 Å². The number of carbonyl (C=O) groups excluding carboxylic acids is 1. The number of benzene rings is 2. The van der Waals surface area contributed by atoms with Gasteiger partial charge in [-0.3, -0.25) is 9.10 Å². The van der Waals surface area contributed by atoms with Gasteiger partial charge in [0.1, 0.15) is 24.7 Å². The predicted molar refractivity (Wildman–Crippen MR) is 110 cm³/mol. The Kier molecular flexibility index (Phi) is 7.79. The average molecular weight is 447 g/mol. The highest BCUT2D eigenvalue weighted by Gasteiger charge is 2.23. The number of ether oxygens (including phenoxy) is 2. The van der Waals surface area contributed by atoms with Crippen molar-refractivity contribution in [3.05, 3.63) is 52.5 Å². The summed E-state index contributed by atoms with van der Waals surface area (Å²) in [7, 11) is -2.18. The van der Waals surface area contributed by atoms with Gasteiger partial charge in [-0.2, -0.15) is 0 Å². The van der Waals surface area contributed by atoms with Crippen LogP contribution in [0.4, 0.5) is 5.69 Å². The van der Waals surface area contributed by atoms with Crippen molar-refractivity contribution in [3.63, 3.8) is 0 Å². The number of hydrogen-bond acceptors (Lipinski definition) is 5. The van der Waals surface area contributed by atoms with Gasteiger partial charge in [-0.15, -0.1) is 0 Å². The van der Waals surface area contributed by atoms with E-state index in [1.807, 2.05) is 0 Å². The molecule has 0 saturated heterocycles. The summed E-state index contributed by atoms with van der Waals surface area (Å²) in [4.78, 5) is 12.2. The fraction of sp³-hybridized carbons (Fsp3) is 0.278. The Balaban J connectivity index is 1.92. The van der Waals surface area contributed by atoms with Gasteiger partial charge < -0.3 is 14.8 Å².